The maximum atomic E-state index is 10.1. The standard InChI is InChI=1S/C21H24ClN3O4/c1-28-19-12-17-14(11-18(19)27)21(24-13-23-17)25-16-8-6-7-15(22)20(16)29-10-5-3-2-4-9-26/h6-8,11-13,26-27H,2-5,9-10H2,1H3,(H,23,24,25). The van der Waals surface area contributed by atoms with E-state index in [1.165, 1.54) is 13.4 Å². The molecular weight excluding hydrogens is 394 g/mol. The molecule has 3 N–H and O–H groups in total. The van der Waals surface area contributed by atoms with E-state index in [1.807, 2.05) is 12.1 Å². The van der Waals surface area contributed by atoms with Gasteiger partial charge < -0.3 is 25.0 Å². The average Bonchev–Trinajstić information content (AvgIpc) is 2.72. The van der Waals surface area contributed by atoms with E-state index >= 15 is 0 Å². The fourth-order valence-corrected chi connectivity index (χ4v) is 3.19. The van der Waals surface area contributed by atoms with Gasteiger partial charge in [-0.1, -0.05) is 24.1 Å². The number of ether oxygens (including phenoxy) is 2. The Morgan fingerprint density at radius 1 is 1.10 bits per heavy atom. The van der Waals surface area contributed by atoms with Crippen LogP contribution in [0.4, 0.5) is 11.5 Å². The van der Waals surface area contributed by atoms with Crippen LogP contribution >= 0.6 is 11.6 Å². The van der Waals surface area contributed by atoms with Crippen LogP contribution < -0.4 is 14.8 Å². The summed E-state index contributed by atoms with van der Waals surface area (Å²) in [5.74, 6) is 1.40. The van der Waals surface area contributed by atoms with Gasteiger partial charge in [-0.2, -0.15) is 0 Å². The van der Waals surface area contributed by atoms with Gasteiger partial charge in [0, 0.05) is 18.1 Å². The van der Waals surface area contributed by atoms with Crippen LogP contribution in [0.1, 0.15) is 25.7 Å². The average molecular weight is 418 g/mol. The molecule has 0 saturated carbocycles. The fourth-order valence-electron chi connectivity index (χ4n) is 2.96. The van der Waals surface area contributed by atoms with E-state index < -0.39 is 0 Å². The SMILES string of the molecule is COc1cc2ncnc(Nc3cccc(Cl)c3OCCCCCCO)c2cc1O. The molecule has 0 unspecified atom stereocenters. The Morgan fingerprint density at radius 3 is 2.72 bits per heavy atom. The van der Waals surface area contributed by atoms with Crippen LogP contribution in [0.2, 0.25) is 5.02 Å². The van der Waals surface area contributed by atoms with E-state index in [-0.39, 0.29) is 12.4 Å². The number of para-hydroxylation sites is 1. The number of rotatable bonds is 10. The van der Waals surface area contributed by atoms with Gasteiger partial charge in [-0.15, -0.1) is 0 Å². The van der Waals surface area contributed by atoms with Gasteiger partial charge in [0.05, 0.1) is 29.9 Å². The zero-order valence-electron chi connectivity index (χ0n) is 16.2. The smallest absolute Gasteiger partial charge is 0.162 e. The third-order valence-corrected chi connectivity index (χ3v) is 4.75. The van der Waals surface area contributed by atoms with Crippen LogP contribution in [-0.4, -0.2) is 40.5 Å². The van der Waals surface area contributed by atoms with E-state index in [0.29, 0.717) is 45.5 Å². The monoisotopic (exact) mass is 417 g/mol. The minimum atomic E-state index is 0.00305. The van der Waals surface area contributed by atoms with Crippen LogP contribution in [0.3, 0.4) is 0 Å². The van der Waals surface area contributed by atoms with Crippen molar-refractivity contribution in [1.82, 2.24) is 9.97 Å². The number of aromatic nitrogens is 2. The molecule has 2 aromatic carbocycles. The number of phenols is 1. The summed E-state index contributed by atoms with van der Waals surface area (Å²) < 4.78 is 11.1. The lowest BCUT2D eigenvalue weighted by Gasteiger charge is -2.15. The van der Waals surface area contributed by atoms with Gasteiger partial charge in [-0.05, 0) is 37.5 Å². The zero-order valence-corrected chi connectivity index (χ0v) is 16.9. The van der Waals surface area contributed by atoms with Gasteiger partial charge in [-0.3, -0.25) is 0 Å². The molecule has 0 radical (unpaired) electrons. The fraction of sp³-hybridized carbons (Fsp3) is 0.333. The summed E-state index contributed by atoms with van der Waals surface area (Å²) in [7, 11) is 1.49. The number of fused-ring (bicyclic) bond motifs is 1. The summed E-state index contributed by atoms with van der Waals surface area (Å²) in [6.45, 7) is 0.736. The van der Waals surface area contributed by atoms with E-state index in [2.05, 4.69) is 15.3 Å². The number of nitrogens with one attached hydrogen (secondary N) is 1. The number of unbranched alkanes of at least 4 members (excludes halogenated alkanes) is 3. The number of hydrogen-bond acceptors (Lipinski definition) is 7. The number of aliphatic hydroxyl groups is 1. The molecule has 0 bridgehead atoms. The number of hydrogen-bond donors (Lipinski definition) is 3. The summed E-state index contributed by atoms with van der Waals surface area (Å²) in [5.41, 5.74) is 1.30. The first-order valence-corrected chi connectivity index (χ1v) is 9.82. The summed E-state index contributed by atoms with van der Waals surface area (Å²) in [5, 5.41) is 23.3. The van der Waals surface area contributed by atoms with E-state index in [0.717, 1.165) is 25.7 Å². The lowest BCUT2D eigenvalue weighted by molar-refractivity contribution is 0.274. The molecule has 0 fully saturated rings. The number of anilines is 2. The van der Waals surface area contributed by atoms with Crippen LogP contribution in [0.15, 0.2) is 36.7 Å². The molecule has 0 atom stereocenters. The van der Waals surface area contributed by atoms with Gasteiger partial charge in [-0.25, -0.2) is 9.97 Å². The van der Waals surface area contributed by atoms with Gasteiger partial charge in [0.1, 0.15) is 12.1 Å². The third kappa shape index (κ3) is 5.19. The van der Waals surface area contributed by atoms with Crippen LogP contribution in [0.5, 0.6) is 17.2 Å². The number of methoxy groups -OCH3 is 1. The maximum absolute atomic E-state index is 10.1. The third-order valence-electron chi connectivity index (χ3n) is 4.45. The topological polar surface area (TPSA) is 96.7 Å². The molecule has 1 aromatic heterocycles. The van der Waals surface area contributed by atoms with E-state index in [4.69, 9.17) is 26.2 Å². The molecule has 0 aliphatic heterocycles. The maximum Gasteiger partial charge on any atom is 0.162 e. The first-order chi connectivity index (χ1) is 14.1. The first kappa shape index (κ1) is 21.0. The Labute approximate surface area is 174 Å². The second-order valence-electron chi connectivity index (χ2n) is 6.49. The molecule has 29 heavy (non-hydrogen) atoms. The van der Waals surface area contributed by atoms with Crippen molar-refractivity contribution in [2.75, 3.05) is 25.6 Å². The molecule has 0 spiro atoms. The molecule has 154 valence electrons. The highest BCUT2D eigenvalue weighted by Crippen LogP contribution is 2.37. The normalized spacial score (nSPS) is 10.9. The van der Waals surface area contributed by atoms with Crippen molar-refractivity contribution in [2.45, 2.75) is 25.7 Å². The molecule has 0 saturated heterocycles. The lowest BCUT2D eigenvalue weighted by Crippen LogP contribution is -2.03. The predicted octanol–water partition coefficient (Wildman–Crippen LogP) is 4.67. The van der Waals surface area contributed by atoms with Crippen molar-refractivity contribution in [3.8, 4) is 17.2 Å². The summed E-state index contributed by atoms with van der Waals surface area (Å²) >= 11 is 6.35. The second kappa shape index (κ2) is 10.1. The first-order valence-electron chi connectivity index (χ1n) is 9.45. The molecule has 3 aromatic rings. The number of aliphatic hydroxyl groups excluding tert-OH is 1. The van der Waals surface area contributed by atoms with Crippen LogP contribution in [-0.2, 0) is 0 Å². The Bertz CT molecular complexity index is 968. The van der Waals surface area contributed by atoms with Gasteiger partial charge in [0.2, 0.25) is 0 Å². The highest BCUT2D eigenvalue weighted by atomic mass is 35.5. The molecule has 7 nitrogen and oxygen atoms in total. The molecule has 8 heteroatoms. The quantitative estimate of drug-likeness (QED) is 0.412. The van der Waals surface area contributed by atoms with Crippen molar-refractivity contribution in [2.24, 2.45) is 0 Å². The van der Waals surface area contributed by atoms with Gasteiger partial charge in [0.15, 0.2) is 17.2 Å². The van der Waals surface area contributed by atoms with Crippen molar-refractivity contribution < 1.29 is 19.7 Å². The van der Waals surface area contributed by atoms with Gasteiger partial charge >= 0.3 is 0 Å². The summed E-state index contributed by atoms with van der Waals surface area (Å²) in [4.78, 5) is 8.54. The van der Waals surface area contributed by atoms with Crippen molar-refractivity contribution in [3.63, 3.8) is 0 Å². The highest BCUT2D eigenvalue weighted by Gasteiger charge is 2.13. The number of nitrogens with zero attached hydrogens (tertiary/aromatic N) is 2. The number of aromatic hydroxyl groups is 1. The van der Waals surface area contributed by atoms with Gasteiger partial charge in [0.25, 0.3) is 0 Å². The molecule has 0 aliphatic rings. The van der Waals surface area contributed by atoms with E-state index in [1.54, 1.807) is 18.2 Å². The van der Waals surface area contributed by atoms with Crippen LogP contribution in [0, 0.1) is 0 Å². The molecule has 3 rings (SSSR count). The van der Waals surface area contributed by atoms with Crippen molar-refractivity contribution in [1.29, 1.82) is 0 Å². The molecular formula is C21H24ClN3O4. The molecule has 1 heterocycles. The number of benzene rings is 2. The Balaban J connectivity index is 1.81. The molecule has 0 aliphatic carbocycles. The second-order valence-corrected chi connectivity index (χ2v) is 6.90. The Hall–Kier alpha value is -2.77. The predicted molar refractivity (Wildman–Crippen MR) is 114 cm³/mol. The summed E-state index contributed by atoms with van der Waals surface area (Å²) in [6, 6.07) is 8.65. The molecule has 0 amide bonds. The Kier molecular flexibility index (Phi) is 7.32. The lowest BCUT2D eigenvalue weighted by atomic mass is 10.2. The summed E-state index contributed by atoms with van der Waals surface area (Å²) in [6.07, 6.45) is 5.05. The minimum absolute atomic E-state index is 0.00305. The van der Waals surface area contributed by atoms with Crippen LogP contribution in [0.25, 0.3) is 10.9 Å². The van der Waals surface area contributed by atoms with Crippen molar-refractivity contribution in [3.05, 3.63) is 41.7 Å². The zero-order chi connectivity index (χ0) is 20.6. The number of halogens is 1. The minimum Gasteiger partial charge on any atom is -0.504 e. The van der Waals surface area contributed by atoms with Crippen molar-refractivity contribution >= 4 is 34.0 Å². The number of phenolic OH excluding ortho intramolecular Hbond substituents is 1. The largest absolute Gasteiger partial charge is 0.504 e. The van der Waals surface area contributed by atoms with E-state index in [9.17, 15) is 5.11 Å². The highest BCUT2D eigenvalue weighted by molar-refractivity contribution is 6.32. The Morgan fingerprint density at radius 2 is 1.93 bits per heavy atom.